The fourth-order valence-corrected chi connectivity index (χ4v) is 2.60. The third kappa shape index (κ3) is 5.41. The van der Waals surface area contributed by atoms with Crippen molar-refractivity contribution in [3.8, 4) is 0 Å². The summed E-state index contributed by atoms with van der Waals surface area (Å²) in [6.07, 6.45) is 3.31. The molecule has 3 N–H and O–H groups in total. The van der Waals surface area contributed by atoms with Crippen molar-refractivity contribution in [3.63, 3.8) is 0 Å². The highest BCUT2D eigenvalue weighted by molar-refractivity contribution is 6.02. The first-order valence-electron chi connectivity index (χ1n) is 8.65. The van der Waals surface area contributed by atoms with Crippen LogP contribution in [-0.4, -0.2) is 11.7 Å². The van der Waals surface area contributed by atoms with Crippen LogP contribution in [0.15, 0.2) is 89.9 Å². The zero-order valence-corrected chi connectivity index (χ0v) is 15.1. The Morgan fingerprint density at radius 3 is 2.52 bits per heavy atom. The molecule has 134 valence electrons. The van der Waals surface area contributed by atoms with Gasteiger partial charge in [-0.25, -0.2) is 4.99 Å². The van der Waals surface area contributed by atoms with Crippen LogP contribution >= 0.6 is 0 Å². The van der Waals surface area contributed by atoms with Crippen molar-refractivity contribution < 1.29 is 4.79 Å². The molecule has 0 aliphatic rings. The number of carbonyl (C=O) groups excluding carboxylic acids is 1. The lowest BCUT2D eigenvalue weighted by atomic mass is 10.1. The number of amidine groups is 1. The second-order valence-corrected chi connectivity index (χ2v) is 6.15. The number of amides is 1. The molecule has 27 heavy (non-hydrogen) atoms. The summed E-state index contributed by atoms with van der Waals surface area (Å²) in [5, 5.41) is 2.84. The van der Waals surface area contributed by atoms with Gasteiger partial charge in [-0.1, -0.05) is 66.2 Å². The fourth-order valence-electron chi connectivity index (χ4n) is 2.60. The Morgan fingerprint density at radius 2 is 1.74 bits per heavy atom. The van der Waals surface area contributed by atoms with Gasteiger partial charge in [0.15, 0.2) is 0 Å². The molecule has 0 saturated heterocycles. The first-order valence-corrected chi connectivity index (χ1v) is 8.65. The van der Waals surface area contributed by atoms with Crippen molar-refractivity contribution in [1.29, 1.82) is 0 Å². The first kappa shape index (κ1) is 18.1. The Kier molecular flexibility index (Phi) is 5.80. The molecule has 4 heteroatoms. The van der Waals surface area contributed by atoms with Crippen LogP contribution in [0.2, 0.25) is 0 Å². The number of carbonyl (C=O) groups is 1. The lowest BCUT2D eigenvalue weighted by molar-refractivity contribution is -0.111. The van der Waals surface area contributed by atoms with E-state index in [-0.39, 0.29) is 5.91 Å². The number of rotatable bonds is 5. The predicted octanol–water partition coefficient (Wildman–Crippen LogP) is 4.68. The molecular formula is C23H21N3O. The molecule has 0 heterocycles. The SMILES string of the molecule is Cc1cccc(/C=C/C(=O)Nc2cccc(N=C(N)c3ccccc3)c2)c1. The van der Waals surface area contributed by atoms with Gasteiger partial charge in [-0.3, -0.25) is 4.79 Å². The predicted molar refractivity (Wildman–Crippen MR) is 112 cm³/mol. The molecule has 0 aliphatic heterocycles. The summed E-state index contributed by atoms with van der Waals surface area (Å²) < 4.78 is 0. The van der Waals surface area contributed by atoms with Crippen molar-refractivity contribution in [1.82, 2.24) is 0 Å². The molecule has 0 atom stereocenters. The van der Waals surface area contributed by atoms with Gasteiger partial charge in [0.2, 0.25) is 5.91 Å². The smallest absolute Gasteiger partial charge is 0.248 e. The minimum absolute atomic E-state index is 0.200. The number of nitrogens with two attached hydrogens (primary N) is 1. The maximum absolute atomic E-state index is 12.2. The molecule has 0 aromatic heterocycles. The van der Waals surface area contributed by atoms with Gasteiger partial charge >= 0.3 is 0 Å². The Labute approximate surface area is 159 Å². The lowest BCUT2D eigenvalue weighted by Crippen LogP contribution is -2.12. The van der Waals surface area contributed by atoms with E-state index in [2.05, 4.69) is 10.3 Å². The second kappa shape index (κ2) is 8.63. The van der Waals surface area contributed by atoms with Gasteiger partial charge in [0.25, 0.3) is 0 Å². The third-order valence-electron chi connectivity index (χ3n) is 3.90. The van der Waals surface area contributed by atoms with Crippen molar-refractivity contribution in [2.75, 3.05) is 5.32 Å². The molecule has 0 radical (unpaired) electrons. The van der Waals surface area contributed by atoms with Gasteiger partial charge in [0.05, 0.1) is 5.69 Å². The Hall–Kier alpha value is -3.66. The van der Waals surface area contributed by atoms with Crippen LogP contribution < -0.4 is 11.1 Å². The highest BCUT2D eigenvalue weighted by atomic mass is 16.1. The monoisotopic (exact) mass is 355 g/mol. The van der Waals surface area contributed by atoms with Crippen LogP contribution in [0.25, 0.3) is 6.08 Å². The molecule has 0 spiro atoms. The summed E-state index contributed by atoms with van der Waals surface area (Å²) in [7, 11) is 0. The molecule has 3 rings (SSSR count). The molecule has 0 saturated carbocycles. The Morgan fingerprint density at radius 1 is 0.963 bits per heavy atom. The van der Waals surface area contributed by atoms with E-state index in [9.17, 15) is 4.79 Å². The maximum atomic E-state index is 12.2. The topological polar surface area (TPSA) is 67.5 Å². The van der Waals surface area contributed by atoms with Gasteiger partial charge in [-0.2, -0.15) is 0 Å². The van der Waals surface area contributed by atoms with Crippen LogP contribution in [0.3, 0.4) is 0 Å². The molecule has 0 bridgehead atoms. The molecule has 0 aliphatic carbocycles. The zero-order valence-electron chi connectivity index (χ0n) is 15.1. The summed E-state index contributed by atoms with van der Waals surface area (Å²) >= 11 is 0. The van der Waals surface area contributed by atoms with Gasteiger partial charge < -0.3 is 11.1 Å². The molecule has 0 fully saturated rings. The van der Waals surface area contributed by atoms with Crippen LogP contribution in [0.1, 0.15) is 16.7 Å². The highest BCUT2D eigenvalue weighted by Crippen LogP contribution is 2.19. The number of hydrogen-bond donors (Lipinski definition) is 2. The van der Waals surface area contributed by atoms with Crippen molar-refractivity contribution in [3.05, 3.63) is 102 Å². The molecule has 4 nitrogen and oxygen atoms in total. The second-order valence-electron chi connectivity index (χ2n) is 6.15. The number of aryl methyl sites for hydroxylation is 1. The zero-order chi connectivity index (χ0) is 19.1. The number of benzene rings is 3. The molecule has 3 aromatic rings. The molecule has 0 unspecified atom stereocenters. The minimum atomic E-state index is -0.200. The van der Waals surface area contributed by atoms with Crippen molar-refractivity contribution >= 4 is 29.2 Å². The van der Waals surface area contributed by atoms with Crippen LogP contribution in [0, 0.1) is 6.92 Å². The first-order chi connectivity index (χ1) is 13.1. The van der Waals surface area contributed by atoms with Gasteiger partial charge in [-0.15, -0.1) is 0 Å². The van der Waals surface area contributed by atoms with Crippen LogP contribution in [-0.2, 0) is 4.79 Å². The molecular weight excluding hydrogens is 334 g/mol. The van der Waals surface area contributed by atoms with Crippen molar-refractivity contribution in [2.45, 2.75) is 6.92 Å². The average molecular weight is 355 g/mol. The Bertz CT molecular complexity index is 991. The van der Waals surface area contributed by atoms with Gasteiger partial charge in [0.1, 0.15) is 5.84 Å². The average Bonchev–Trinajstić information content (AvgIpc) is 2.67. The van der Waals surface area contributed by atoms with E-state index in [4.69, 9.17) is 5.73 Å². The lowest BCUT2D eigenvalue weighted by Gasteiger charge is -2.05. The largest absolute Gasteiger partial charge is 0.383 e. The summed E-state index contributed by atoms with van der Waals surface area (Å²) in [5.74, 6) is 0.229. The molecule has 1 amide bonds. The number of nitrogens with one attached hydrogen (secondary N) is 1. The van der Waals surface area contributed by atoms with Crippen LogP contribution in [0.5, 0.6) is 0 Å². The summed E-state index contributed by atoms with van der Waals surface area (Å²) in [6, 6.07) is 24.8. The number of aliphatic imine (C=N–C) groups is 1. The number of anilines is 1. The van der Waals surface area contributed by atoms with E-state index >= 15 is 0 Å². The fraction of sp³-hybridized carbons (Fsp3) is 0.0435. The van der Waals surface area contributed by atoms with Crippen LogP contribution in [0.4, 0.5) is 11.4 Å². The van der Waals surface area contributed by atoms with E-state index in [0.717, 1.165) is 16.7 Å². The third-order valence-corrected chi connectivity index (χ3v) is 3.90. The van der Waals surface area contributed by atoms with Gasteiger partial charge in [0, 0.05) is 17.3 Å². The van der Waals surface area contributed by atoms with E-state index in [1.54, 1.807) is 12.1 Å². The molecule has 3 aromatic carbocycles. The van der Waals surface area contributed by atoms with Gasteiger partial charge in [-0.05, 0) is 36.8 Å². The van der Waals surface area contributed by atoms with E-state index in [0.29, 0.717) is 17.2 Å². The highest BCUT2D eigenvalue weighted by Gasteiger charge is 2.01. The standard InChI is InChI=1S/C23H21N3O/c1-17-7-5-8-18(15-17)13-14-22(27)25-20-11-6-12-21(16-20)26-23(24)19-9-3-2-4-10-19/h2-16H,1H3,(H2,24,26)(H,25,27)/b14-13+. The minimum Gasteiger partial charge on any atom is -0.383 e. The van der Waals surface area contributed by atoms with E-state index < -0.39 is 0 Å². The van der Waals surface area contributed by atoms with E-state index in [1.165, 1.54) is 6.08 Å². The quantitative estimate of drug-likeness (QED) is 0.396. The number of hydrogen-bond acceptors (Lipinski definition) is 2. The summed E-state index contributed by atoms with van der Waals surface area (Å²) in [6.45, 7) is 2.02. The summed E-state index contributed by atoms with van der Waals surface area (Å²) in [4.78, 5) is 16.6. The van der Waals surface area contributed by atoms with Crippen molar-refractivity contribution in [2.24, 2.45) is 10.7 Å². The summed E-state index contributed by atoms with van der Waals surface area (Å²) in [5.41, 5.74) is 10.4. The van der Waals surface area contributed by atoms with E-state index in [1.807, 2.05) is 79.7 Å². The maximum Gasteiger partial charge on any atom is 0.248 e. The normalized spacial score (nSPS) is 11.5. The number of nitrogens with zero attached hydrogens (tertiary/aromatic N) is 1. The Balaban J connectivity index is 1.69.